The van der Waals surface area contributed by atoms with Gasteiger partial charge in [-0.1, -0.05) is 45.5 Å². The standard InChI is InChI=1S/C16H22O4.C6H5N3/c1-10(2)15(19)20-7-6-11-8-12(16(3,4)5)9-13(17)14(11)18;1-2-4-6-5(3-1)7-9-8-6/h8-9,17-18H,1,6-7H2,2-5H3;1-4H,(H,7,8,9). The number of carbonyl (C=O) groups is 1. The summed E-state index contributed by atoms with van der Waals surface area (Å²) in [7, 11) is 0. The lowest BCUT2D eigenvalue weighted by Crippen LogP contribution is -2.12. The predicted octanol–water partition coefficient (Wildman–Crippen LogP) is 4.02. The van der Waals surface area contributed by atoms with Gasteiger partial charge in [0.25, 0.3) is 0 Å². The summed E-state index contributed by atoms with van der Waals surface area (Å²) in [5.74, 6) is -0.774. The van der Waals surface area contributed by atoms with E-state index in [1.807, 2.05) is 51.1 Å². The van der Waals surface area contributed by atoms with E-state index in [1.165, 1.54) is 0 Å². The normalized spacial score (nSPS) is 10.9. The van der Waals surface area contributed by atoms with Crippen LogP contribution in [0, 0.1) is 0 Å². The maximum atomic E-state index is 11.3. The van der Waals surface area contributed by atoms with Crippen molar-refractivity contribution >= 4 is 17.0 Å². The summed E-state index contributed by atoms with van der Waals surface area (Å²) in [6, 6.07) is 11.1. The van der Waals surface area contributed by atoms with Gasteiger partial charge in [-0.3, -0.25) is 0 Å². The third-order valence-corrected chi connectivity index (χ3v) is 4.21. The van der Waals surface area contributed by atoms with Crippen LogP contribution in [0.2, 0.25) is 0 Å². The summed E-state index contributed by atoms with van der Waals surface area (Å²) in [5, 5.41) is 29.9. The number of carbonyl (C=O) groups excluding carboxylic acids is 1. The third-order valence-electron chi connectivity index (χ3n) is 4.21. The smallest absolute Gasteiger partial charge is 0.333 e. The van der Waals surface area contributed by atoms with Crippen molar-refractivity contribution in [2.75, 3.05) is 6.61 Å². The first-order valence-corrected chi connectivity index (χ1v) is 9.23. The molecule has 0 amide bonds. The number of aromatic hydroxyl groups is 2. The van der Waals surface area contributed by atoms with Crippen LogP contribution in [-0.4, -0.2) is 38.2 Å². The quantitative estimate of drug-likeness (QED) is 0.349. The van der Waals surface area contributed by atoms with Crippen molar-refractivity contribution in [3.05, 3.63) is 59.7 Å². The number of ether oxygens (including phenoxy) is 1. The zero-order chi connectivity index (χ0) is 21.6. The molecule has 0 atom stereocenters. The molecule has 1 heterocycles. The van der Waals surface area contributed by atoms with Crippen molar-refractivity contribution in [2.45, 2.75) is 39.5 Å². The molecular formula is C22H27N3O4. The van der Waals surface area contributed by atoms with Crippen LogP contribution in [0.15, 0.2) is 48.6 Å². The number of phenolic OH excluding ortho intramolecular Hbond substituents is 2. The van der Waals surface area contributed by atoms with Gasteiger partial charge in [0, 0.05) is 17.6 Å². The number of nitrogens with one attached hydrogen (secondary N) is 1. The van der Waals surface area contributed by atoms with E-state index in [0.717, 1.165) is 16.6 Å². The van der Waals surface area contributed by atoms with Crippen LogP contribution in [0.1, 0.15) is 38.8 Å². The minimum atomic E-state index is -0.458. The highest BCUT2D eigenvalue weighted by atomic mass is 16.5. The summed E-state index contributed by atoms with van der Waals surface area (Å²) in [6.45, 7) is 11.3. The highest BCUT2D eigenvalue weighted by molar-refractivity contribution is 5.86. The Morgan fingerprint density at radius 2 is 1.72 bits per heavy atom. The number of aromatic nitrogens is 3. The largest absolute Gasteiger partial charge is 0.504 e. The summed E-state index contributed by atoms with van der Waals surface area (Å²) in [6.07, 6.45) is 0.336. The molecule has 1 aromatic heterocycles. The van der Waals surface area contributed by atoms with E-state index in [0.29, 0.717) is 17.6 Å². The zero-order valence-electron chi connectivity index (χ0n) is 17.2. The molecule has 3 aromatic rings. The monoisotopic (exact) mass is 397 g/mol. The highest BCUT2D eigenvalue weighted by Crippen LogP contribution is 2.35. The maximum absolute atomic E-state index is 11.3. The number of nitrogens with zero attached hydrogens (tertiary/aromatic N) is 2. The molecule has 0 aliphatic rings. The molecule has 3 rings (SSSR count). The number of esters is 1. The van der Waals surface area contributed by atoms with Crippen molar-refractivity contribution in [3.8, 4) is 11.5 Å². The van der Waals surface area contributed by atoms with E-state index < -0.39 is 5.97 Å². The molecule has 0 bridgehead atoms. The number of fused-ring (bicyclic) bond motifs is 1. The summed E-state index contributed by atoms with van der Waals surface area (Å²) in [5.41, 5.74) is 3.49. The fourth-order valence-corrected chi connectivity index (χ4v) is 2.46. The Bertz CT molecular complexity index is 973. The minimum Gasteiger partial charge on any atom is -0.504 e. The average Bonchev–Trinajstić information content (AvgIpc) is 3.13. The first kappa shape index (κ1) is 21.9. The molecule has 7 heteroatoms. The Morgan fingerprint density at radius 1 is 1.14 bits per heavy atom. The van der Waals surface area contributed by atoms with Crippen molar-refractivity contribution in [3.63, 3.8) is 0 Å². The van der Waals surface area contributed by atoms with Gasteiger partial charge in [0.05, 0.1) is 6.61 Å². The molecule has 0 aliphatic heterocycles. The van der Waals surface area contributed by atoms with E-state index in [1.54, 1.807) is 13.0 Å². The van der Waals surface area contributed by atoms with Crippen LogP contribution in [0.25, 0.3) is 11.0 Å². The van der Waals surface area contributed by atoms with Gasteiger partial charge in [-0.05, 0) is 36.1 Å². The second-order valence-electron chi connectivity index (χ2n) is 7.73. The molecule has 0 aliphatic carbocycles. The Kier molecular flexibility index (Phi) is 6.98. The molecular weight excluding hydrogens is 370 g/mol. The molecule has 0 saturated heterocycles. The number of hydrogen-bond acceptors (Lipinski definition) is 6. The van der Waals surface area contributed by atoms with Crippen molar-refractivity contribution in [2.24, 2.45) is 0 Å². The second kappa shape index (κ2) is 9.23. The van der Waals surface area contributed by atoms with Crippen LogP contribution in [0.4, 0.5) is 0 Å². The average molecular weight is 397 g/mol. The van der Waals surface area contributed by atoms with Crippen molar-refractivity contribution in [1.82, 2.24) is 15.4 Å². The van der Waals surface area contributed by atoms with Crippen molar-refractivity contribution < 1.29 is 19.7 Å². The highest BCUT2D eigenvalue weighted by Gasteiger charge is 2.18. The fourth-order valence-electron chi connectivity index (χ4n) is 2.46. The van der Waals surface area contributed by atoms with Gasteiger partial charge < -0.3 is 14.9 Å². The SMILES string of the molecule is C=C(C)C(=O)OCCc1cc(C(C)(C)C)cc(O)c1O.c1ccc2n[nH]nc2c1. The molecule has 0 radical (unpaired) electrons. The Labute approximate surface area is 170 Å². The van der Waals surface area contributed by atoms with Crippen LogP contribution >= 0.6 is 0 Å². The van der Waals surface area contributed by atoms with Crippen LogP contribution in [0.5, 0.6) is 11.5 Å². The van der Waals surface area contributed by atoms with Gasteiger partial charge >= 0.3 is 5.97 Å². The number of benzene rings is 2. The number of hydrogen-bond donors (Lipinski definition) is 3. The van der Waals surface area contributed by atoms with Crippen LogP contribution < -0.4 is 0 Å². The van der Waals surface area contributed by atoms with Crippen LogP contribution in [-0.2, 0) is 21.4 Å². The lowest BCUT2D eigenvalue weighted by atomic mass is 9.85. The summed E-state index contributed by atoms with van der Waals surface area (Å²) < 4.78 is 5.00. The van der Waals surface area contributed by atoms with E-state index in [4.69, 9.17) is 4.74 Å². The number of H-pyrrole nitrogens is 1. The topological polar surface area (TPSA) is 108 Å². The van der Waals surface area contributed by atoms with Crippen molar-refractivity contribution in [1.29, 1.82) is 0 Å². The lowest BCUT2D eigenvalue weighted by molar-refractivity contribution is -0.138. The third kappa shape index (κ3) is 6.07. The van der Waals surface area contributed by atoms with Crippen LogP contribution in [0.3, 0.4) is 0 Å². The van der Waals surface area contributed by atoms with Gasteiger partial charge in [-0.25, -0.2) is 4.79 Å². The van der Waals surface area contributed by atoms with E-state index >= 15 is 0 Å². The molecule has 0 spiro atoms. The molecule has 154 valence electrons. The van der Waals surface area contributed by atoms with Gasteiger partial charge in [0.2, 0.25) is 0 Å². The summed E-state index contributed by atoms with van der Waals surface area (Å²) in [4.78, 5) is 11.3. The first-order valence-electron chi connectivity index (χ1n) is 9.23. The fraction of sp³-hybridized carbons (Fsp3) is 0.318. The van der Waals surface area contributed by atoms with Gasteiger partial charge in [-0.15, -0.1) is 0 Å². The Hall–Kier alpha value is -3.35. The number of aromatic amines is 1. The maximum Gasteiger partial charge on any atom is 0.333 e. The van der Waals surface area contributed by atoms with Gasteiger partial charge in [0.1, 0.15) is 11.0 Å². The van der Waals surface area contributed by atoms with E-state index in [2.05, 4.69) is 22.0 Å². The van der Waals surface area contributed by atoms with Gasteiger partial charge in [-0.2, -0.15) is 15.4 Å². The number of phenols is 2. The Balaban J connectivity index is 0.000000272. The molecule has 3 N–H and O–H groups in total. The lowest BCUT2D eigenvalue weighted by Gasteiger charge is -2.21. The molecule has 29 heavy (non-hydrogen) atoms. The predicted molar refractivity (Wildman–Crippen MR) is 112 cm³/mol. The summed E-state index contributed by atoms with van der Waals surface area (Å²) >= 11 is 0. The first-order chi connectivity index (χ1) is 13.6. The van der Waals surface area contributed by atoms with E-state index in [-0.39, 0.29) is 23.5 Å². The molecule has 0 saturated carbocycles. The molecule has 2 aromatic carbocycles. The zero-order valence-corrected chi connectivity index (χ0v) is 17.2. The molecule has 0 fully saturated rings. The minimum absolute atomic E-state index is 0.131. The Morgan fingerprint density at radius 3 is 2.24 bits per heavy atom. The molecule has 0 unspecified atom stereocenters. The van der Waals surface area contributed by atoms with E-state index in [9.17, 15) is 15.0 Å². The second-order valence-corrected chi connectivity index (χ2v) is 7.73. The number of para-hydroxylation sites is 2. The number of rotatable bonds is 4. The van der Waals surface area contributed by atoms with Gasteiger partial charge in [0.15, 0.2) is 11.5 Å². The molecule has 7 nitrogen and oxygen atoms in total.